The number of benzene rings is 2. The fourth-order valence-corrected chi connectivity index (χ4v) is 2.37. The molecule has 2 nitrogen and oxygen atoms in total. The van der Waals surface area contributed by atoms with Crippen LogP contribution in [0.1, 0.15) is 5.76 Å². The monoisotopic (exact) mass is 302 g/mol. The van der Waals surface area contributed by atoms with Gasteiger partial charge in [0.05, 0.1) is 23.8 Å². The van der Waals surface area contributed by atoms with Gasteiger partial charge in [-0.1, -0.05) is 48.5 Å². The van der Waals surface area contributed by atoms with E-state index in [0.29, 0.717) is 0 Å². The molecule has 0 aliphatic carbocycles. The van der Waals surface area contributed by atoms with Gasteiger partial charge in [0, 0.05) is 25.9 Å². The van der Waals surface area contributed by atoms with Crippen molar-refractivity contribution in [1.29, 1.82) is 0 Å². The highest BCUT2D eigenvalue weighted by molar-refractivity contribution is 5.71. The summed E-state index contributed by atoms with van der Waals surface area (Å²) in [7, 11) is 3.99. The van der Waals surface area contributed by atoms with E-state index >= 15 is 0 Å². The molecule has 0 spiro atoms. The summed E-state index contributed by atoms with van der Waals surface area (Å²) >= 11 is 0. The Morgan fingerprint density at radius 3 is 1.96 bits per heavy atom. The van der Waals surface area contributed by atoms with Gasteiger partial charge < -0.3 is 4.90 Å². The van der Waals surface area contributed by atoms with Gasteiger partial charge in [0.15, 0.2) is 0 Å². The Balaban J connectivity index is 2.11. The lowest BCUT2D eigenvalue weighted by atomic mass is 10.0. The van der Waals surface area contributed by atoms with Gasteiger partial charge in [0.1, 0.15) is 0 Å². The van der Waals surface area contributed by atoms with Gasteiger partial charge in [0.25, 0.3) is 0 Å². The molecule has 0 saturated heterocycles. The zero-order valence-corrected chi connectivity index (χ0v) is 13.4. The second-order valence-electron chi connectivity index (χ2n) is 5.62. The summed E-state index contributed by atoms with van der Waals surface area (Å²) in [6.07, 6.45) is 3.97. The molecule has 0 atom stereocenters. The molecule has 3 rings (SSSR count). The van der Waals surface area contributed by atoms with Crippen LogP contribution in [0.15, 0.2) is 83.4 Å². The molecule has 1 heterocycles. The molecule has 0 bridgehead atoms. The zero-order valence-electron chi connectivity index (χ0n) is 13.4. The van der Waals surface area contributed by atoms with Crippen LogP contribution in [0.25, 0.3) is 28.5 Å². The van der Waals surface area contributed by atoms with Crippen LogP contribution in [-0.2, 0) is 0 Å². The summed E-state index contributed by atoms with van der Waals surface area (Å²) in [5.41, 5.74) is 3.40. The van der Waals surface area contributed by atoms with E-state index in [1.54, 1.807) is 0 Å². The third-order valence-corrected chi connectivity index (χ3v) is 3.51. The minimum atomic E-state index is 0.832. The van der Waals surface area contributed by atoms with Crippen molar-refractivity contribution >= 4 is 6.08 Å². The van der Waals surface area contributed by atoms with Crippen LogP contribution in [0.5, 0.6) is 0 Å². The van der Waals surface area contributed by atoms with Crippen LogP contribution >= 0.6 is 0 Å². The maximum absolute atomic E-state index is 6.06. The first-order valence-corrected chi connectivity index (χ1v) is 7.66. The number of hydrogen-bond acceptors (Lipinski definition) is 1. The molecule has 114 valence electrons. The Hall–Kier alpha value is -2.87. The van der Waals surface area contributed by atoms with Crippen molar-refractivity contribution in [3.63, 3.8) is 0 Å². The largest absolute Gasteiger partial charge is 0.383 e. The summed E-state index contributed by atoms with van der Waals surface area (Å²) in [5, 5.41) is 0. The fraction of sp³-hybridized carbons (Fsp3) is 0.0952. The summed E-state index contributed by atoms with van der Waals surface area (Å²) in [5.74, 6) is 1.70. The number of rotatable bonds is 4. The van der Waals surface area contributed by atoms with Gasteiger partial charge >= 0.3 is 11.5 Å². The second-order valence-corrected chi connectivity index (χ2v) is 5.62. The summed E-state index contributed by atoms with van der Waals surface area (Å²) in [4.78, 5) is 1.99. The minimum Gasteiger partial charge on any atom is -0.383 e. The van der Waals surface area contributed by atoms with Gasteiger partial charge in [-0.15, -0.1) is 0 Å². The lowest BCUT2D eigenvalue weighted by Gasteiger charge is -2.02. The quantitative estimate of drug-likeness (QED) is 0.597. The van der Waals surface area contributed by atoms with Crippen molar-refractivity contribution in [2.75, 3.05) is 14.1 Å². The van der Waals surface area contributed by atoms with E-state index in [1.165, 1.54) is 5.56 Å². The first-order valence-electron chi connectivity index (χ1n) is 7.66. The van der Waals surface area contributed by atoms with E-state index in [2.05, 4.69) is 48.5 Å². The topological polar surface area (TPSA) is 14.5 Å². The Morgan fingerprint density at radius 2 is 1.35 bits per heavy atom. The van der Waals surface area contributed by atoms with Crippen molar-refractivity contribution in [2.24, 2.45) is 0 Å². The molecule has 0 amide bonds. The minimum absolute atomic E-state index is 0.832. The Bertz CT molecular complexity index is 735. The molecule has 1 aromatic heterocycles. The molecule has 0 aliphatic heterocycles. The maximum atomic E-state index is 6.06. The van der Waals surface area contributed by atoms with Crippen molar-refractivity contribution < 1.29 is 4.42 Å². The van der Waals surface area contributed by atoms with Gasteiger partial charge in [-0.3, -0.25) is 0 Å². The Kier molecular flexibility index (Phi) is 4.53. The third-order valence-electron chi connectivity index (χ3n) is 3.51. The highest BCUT2D eigenvalue weighted by Crippen LogP contribution is 2.28. The molecule has 0 N–H and O–H groups in total. The number of nitrogens with zero attached hydrogens (tertiary/aromatic N) is 1. The Labute approximate surface area is 137 Å². The summed E-state index contributed by atoms with van der Waals surface area (Å²) < 4.78 is 6.06. The lowest BCUT2D eigenvalue weighted by molar-refractivity contribution is 0.544. The molecule has 3 aromatic rings. The number of hydrogen-bond donors (Lipinski definition) is 0. The third kappa shape index (κ3) is 3.86. The normalized spacial score (nSPS) is 10.9. The summed E-state index contributed by atoms with van der Waals surface area (Å²) in [6.45, 7) is 0. The zero-order chi connectivity index (χ0) is 16.1. The van der Waals surface area contributed by atoms with Crippen LogP contribution < -0.4 is 0 Å². The van der Waals surface area contributed by atoms with Gasteiger partial charge in [-0.05, 0) is 17.7 Å². The van der Waals surface area contributed by atoms with Gasteiger partial charge in [0.2, 0.25) is 0 Å². The van der Waals surface area contributed by atoms with Crippen LogP contribution in [0.3, 0.4) is 0 Å². The van der Waals surface area contributed by atoms with Crippen molar-refractivity contribution in [2.45, 2.75) is 0 Å². The first-order chi connectivity index (χ1) is 11.2. The van der Waals surface area contributed by atoms with Crippen molar-refractivity contribution in [3.05, 3.63) is 84.8 Å². The average Bonchev–Trinajstić information content (AvgIpc) is 2.61. The molecule has 2 aromatic carbocycles. The van der Waals surface area contributed by atoms with E-state index in [4.69, 9.17) is 4.42 Å². The fourth-order valence-electron chi connectivity index (χ4n) is 2.37. The molecule has 23 heavy (non-hydrogen) atoms. The maximum Gasteiger partial charge on any atom is 0.361 e. The second kappa shape index (κ2) is 6.93. The van der Waals surface area contributed by atoms with E-state index < -0.39 is 0 Å². The molecular formula is C21H20NO+. The molecule has 0 saturated carbocycles. The standard InChI is InChI=1S/C21H20NO/c1-22(2)14-13-20-15-19(17-9-5-3-6-10-17)16-21(23-20)18-11-7-4-8-12-18/h3-16H,1-2H3/q+1. The highest BCUT2D eigenvalue weighted by atomic mass is 16.3. The lowest BCUT2D eigenvalue weighted by Crippen LogP contribution is -1.99. The van der Waals surface area contributed by atoms with E-state index in [-0.39, 0.29) is 0 Å². The van der Waals surface area contributed by atoms with Crippen LogP contribution in [0.4, 0.5) is 0 Å². The van der Waals surface area contributed by atoms with E-state index in [1.807, 2.05) is 55.5 Å². The SMILES string of the molecule is CN(C)C=Cc1cc(-c2ccccc2)cc(-c2ccccc2)[o+]1. The van der Waals surface area contributed by atoms with Crippen molar-refractivity contribution in [3.8, 4) is 22.5 Å². The van der Waals surface area contributed by atoms with Gasteiger partial charge in [-0.2, -0.15) is 0 Å². The average molecular weight is 302 g/mol. The van der Waals surface area contributed by atoms with Gasteiger partial charge in [-0.25, -0.2) is 4.42 Å². The molecular weight excluding hydrogens is 282 g/mol. The predicted octanol–water partition coefficient (Wildman–Crippen LogP) is 5.43. The van der Waals surface area contributed by atoms with E-state index in [0.717, 1.165) is 22.6 Å². The Morgan fingerprint density at radius 1 is 0.739 bits per heavy atom. The summed E-state index contributed by atoms with van der Waals surface area (Å²) in [6, 6.07) is 24.7. The smallest absolute Gasteiger partial charge is 0.361 e. The van der Waals surface area contributed by atoms with Crippen LogP contribution in [0, 0.1) is 0 Å². The van der Waals surface area contributed by atoms with Crippen molar-refractivity contribution in [1.82, 2.24) is 4.90 Å². The molecule has 0 radical (unpaired) electrons. The van der Waals surface area contributed by atoms with E-state index in [9.17, 15) is 0 Å². The molecule has 0 unspecified atom stereocenters. The predicted molar refractivity (Wildman–Crippen MR) is 96.7 cm³/mol. The van der Waals surface area contributed by atoms with Crippen LogP contribution in [-0.4, -0.2) is 19.0 Å². The highest BCUT2D eigenvalue weighted by Gasteiger charge is 2.17. The molecule has 0 fully saturated rings. The molecule has 2 heteroatoms. The van der Waals surface area contributed by atoms with Crippen LogP contribution in [0.2, 0.25) is 0 Å². The first kappa shape index (κ1) is 15.0. The molecule has 0 aliphatic rings.